The van der Waals surface area contributed by atoms with Crippen molar-refractivity contribution < 1.29 is 14.4 Å². The van der Waals surface area contributed by atoms with Gasteiger partial charge in [-0.3, -0.25) is 9.63 Å². The largest absolute Gasteiger partial charge is 0.496 e. The fourth-order valence-corrected chi connectivity index (χ4v) is 1.16. The van der Waals surface area contributed by atoms with Crippen LogP contribution < -0.4 is 4.74 Å². The Morgan fingerprint density at radius 3 is 2.62 bits per heavy atom. The van der Waals surface area contributed by atoms with Gasteiger partial charge in [0.2, 0.25) is 0 Å². The molecule has 0 aliphatic carbocycles. The summed E-state index contributed by atoms with van der Waals surface area (Å²) >= 11 is 0. The predicted molar refractivity (Wildman–Crippen MR) is 61.8 cm³/mol. The first kappa shape index (κ1) is 12.3. The summed E-state index contributed by atoms with van der Waals surface area (Å²) in [4.78, 5) is 16.2. The van der Waals surface area contributed by atoms with Gasteiger partial charge in [0, 0.05) is 18.7 Å². The monoisotopic (exact) mass is 221 g/mol. The standard InChI is InChI=1S/C12H15NO3/c1-13(16-3)12(14)9-8-10-6-4-5-7-11(10)15-2/h4-9H,1-3H3/b9-8+. The third-order valence-corrected chi connectivity index (χ3v) is 2.13. The zero-order valence-electron chi connectivity index (χ0n) is 9.64. The van der Waals surface area contributed by atoms with Gasteiger partial charge in [-0.05, 0) is 12.1 Å². The van der Waals surface area contributed by atoms with Crippen LogP contribution in [0.25, 0.3) is 6.08 Å². The molecule has 86 valence electrons. The number of rotatable bonds is 4. The molecule has 0 atom stereocenters. The van der Waals surface area contributed by atoms with E-state index in [1.807, 2.05) is 24.3 Å². The maximum absolute atomic E-state index is 11.4. The third kappa shape index (κ3) is 3.10. The highest BCUT2D eigenvalue weighted by molar-refractivity contribution is 5.91. The second-order valence-electron chi connectivity index (χ2n) is 3.09. The summed E-state index contributed by atoms with van der Waals surface area (Å²) < 4.78 is 5.16. The molecule has 0 spiro atoms. The molecule has 0 aliphatic rings. The third-order valence-electron chi connectivity index (χ3n) is 2.13. The maximum atomic E-state index is 11.4. The molecule has 1 rings (SSSR count). The first-order chi connectivity index (χ1) is 7.69. The van der Waals surface area contributed by atoms with Gasteiger partial charge < -0.3 is 4.74 Å². The molecule has 0 saturated carbocycles. The number of amides is 1. The molecule has 1 amide bonds. The van der Waals surface area contributed by atoms with E-state index in [-0.39, 0.29) is 5.91 Å². The summed E-state index contributed by atoms with van der Waals surface area (Å²) in [7, 11) is 4.58. The second-order valence-corrected chi connectivity index (χ2v) is 3.09. The molecule has 0 fully saturated rings. The van der Waals surface area contributed by atoms with Crippen LogP contribution >= 0.6 is 0 Å². The first-order valence-electron chi connectivity index (χ1n) is 4.82. The van der Waals surface area contributed by atoms with Crippen molar-refractivity contribution in [1.29, 1.82) is 0 Å². The van der Waals surface area contributed by atoms with Crippen molar-refractivity contribution in [3.8, 4) is 5.75 Å². The fraction of sp³-hybridized carbons (Fsp3) is 0.250. The van der Waals surface area contributed by atoms with Gasteiger partial charge in [-0.1, -0.05) is 18.2 Å². The number of hydroxylamine groups is 2. The van der Waals surface area contributed by atoms with Crippen LogP contribution in [0.5, 0.6) is 5.75 Å². The first-order valence-corrected chi connectivity index (χ1v) is 4.82. The minimum atomic E-state index is -0.228. The Morgan fingerprint density at radius 1 is 1.31 bits per heavy atom. The lowest BCUT2D eigenvalue weighted by molar-refractivity contribution is -0.162. The van der Waals surface area contributed by atoms with Crippen molar-refractivity contribution in [2.24, 2.45) is 0 Å². The van der Waals surface area contributed by atoms with Crippen molar-refractivity contribution in [3.05, 3.63) is 35.9 Å². The zero-order valence-corrected chi connectivity index (χ0v) is 9.64. The van der Waals surface area contributed by atoms with Crippen LogP contribution in [0.2, 0.25) is 0 Å². The van der Waals surface area contributed by atoms with Crippen LogP contribution in [0.15, 0.2) is 30.3 Å². The molecule has 0 aromatic heterocycles. The van der Waals surface area contributed by atoms with E-state index in [9.17, 15) is 4.79 Å². The fourth-order valence-electron chi connectivity index (χ4n) is 1.16. The predicted octanol–water partition coefficient (Wildman–Crippen LogP) is 1.73. The molecule has 1 aromatic rings. The van der Waals surface area contributed by atoms with E-state index in [0.29, 0.717) is 0 Å². The van der Waals surface area contributed by atoms with Crippen LogP contribution in [-0.4, -0.2) is 32.2 Å². The number of hydrogen-bond acceptors (Lipinski definition) is 3. The van der Waals surface area contributed by atoms with Gasteiger partial charge in [-0.25, -0.2) is 5.06 Å². The van der Waals surface area contributed by atoms with E-state index in [1.54, 1.807) is 20.2 Å². The molecule has 16 heavy (non-hydrogen) atoms. The van der Waals surface area contributed by atoms with Crippen LogP contribution in [0, 0.1) is 0 Å². The molecule has 0 heterocycles. The Hall–Kier alpha value is -1.81. The van der Waals surface area contributed by atoms with Gasteiger partial charge >= 0.3 is 0 Å². The zero-order chi connectivity index (χ0) is 12.0. The number of para-hydroxylation sites is 1. The second kappa shape index (κ2) is 5.92. The summed E-state index contributed by atoms with van der Waals surface area (Å²) in [5.41, 5.74) is 0.850. The van der Waals surface area contributed by atoms with E-state index in [0.717, 1.165) is 16.4 Å². The summed E-state index contributed by atoms with van der Waals surface area (Å²) in [5.74, 6) is 0.500. The van der Waals surface area contributed by atoms with E-state index in [1.165, 1.54) is 13.2 Å². The number of likely N-dealkylation sites (N-methyl/N-ethyl adjacent to an activating group) is 1. The number of nitrogens with zero attached hydrogens (tertiary/aromatic N) is 1. The van der Waals surface area contributed by atoms with Gasteiger partial charge in [-0.15, -0.1) is 0 Å². The molecule has 0 unspecified atom stereocenters. The van der Waals surface area contributed by atoms with Crippen molar-refractivity contribution in [1.82, 2.24) is 5.06 Å². The molecule has 0 aliphatic heterocycles. The number of ether oxygens (including phenoxy) is 1. The van der Waals surface area contributed by atoms with Crippen molar-refractivity contribution in [3.63, 3.8) is 0 Å². The molecular formula is C12H15NO3. The molecule has 4 nitrogen and oxygen atoms in total. The summed E-state index contributed by atoms with van der Waals surface area (Å²) in [6.07, 6.45) is 3.12. The van der Waals surface area contributed by atoms with Crippen molar-refractivity contribution in [2.45, 2.75) is 0 Å². The Kier molecular flexibility index (Phi) is 4.54. The lowest BCUT2D eigenvalue weighted by atomic mass is 10.2. The maximum Gasteiger partial charge on any atom is 0.269 e. The molecule has 1 aromatic carbocycles. The van der Waals surface area contributed by atoms with Crippen LogP contribution in [0.4, 0.5) is 0 Å². The molecule has 0 radical (unpaired) electrons. The number of carbonyl (C=O) groups excluding carboxylic acids is 1. The number of benzene rings is 1. The van der Waals surface area contributed by atoms with Gasteiger partial charge in [0.15, 0.2) is 0 Å². The lowest BCUT2D eigenvalue weighted by Gasteiger charge is -2.10. The number of hydrogen-bond donors (Lipinski definition) is 0. The molecule has 0 bridgehead atoms. The summed E-state index contributed by atoms with van der Waals surface area (Å²) in [6, 6.07) is 7.46. The Balaban J connectivity index is 2.80. The van der Waals surface area contributed by atoms with Gasteiger partial charge in [-0.2, -0.15) is 0 Å². The molecule has 4 heteroatoms. The van der Waals surface area contributed by atoms with Crippen LogP contribution in [0.1, 0.15) is 5.56 Å². The minimum absolute atomic E-state index is 0.228. The normalized spacial score (nSPS) is 10.4. The van der Waals surface area contributed by atoms with Gasteiger partial charge in [0.1, 0.15) is 5.75 Å². The Morgan fingerprint density at radius 2 is 2.00 bits per heavy atom. The SMILES string of the molecule is COc1ccccc1/C=C/C(=O)N(C)OC. The van der Waals surface area contributed by atoms with Gasteiger partial charge in [0.05, 0.1) is 14.2 Å². The number of carbonyl (C=O) groups is 1. The number of methoxy groups -OCH3 is 1. The van der Waals surface area contributed by atoms with E-state index >= 15 is 0 Å². The molecular weight excluding hydrogens is 206 g/mol. The quantitative estimate of drug-likeness (QED) is 0.574. The smallest absolute Gasteiger partial charge is 0.269 e. The van der Waals surface area contributed by atoms with Crippen molar-refractivity contribution >= 4 is 12.0 Å². The molecule has 0 N–H and O–H groups in total. The topological polar surface area (TPSA) is 38.8 Å². The van der Waals surface area contributed by atoms with Crippen molar-refractivity contribution in [2.75, 3.05) is 21.3 Å². The highest BCUT2D eigenvalue weighted by Crippen LogP contribution is 2.18. The highest BCUT2D eigenvalue weighted by atomic mass is 16.7. The van der Waals surface area contributed by atoms with Crippen LogP contribution in [0.3, 0.4) is 0 Å². The van der Waals surface area contributed by atoms with E-state index < -0.39 is 0 Å². The van der Waals surface area contributed by atoms with E-state index in [4.69, 9.17) is 9.57 Å². The summed E-state index contributed by atoms with van der Waals surface area (Å²) in [5, 5.41) is 1.14. The van der Waals surface area contributed by atoms with Crippen LogP contribution in [-0.2, 0) is 9.63 Å². The molecule has 0 saturated heterocycles. The Labute approximate surface area is 95.0 Å². The van der Waals surface area contributed by atoms with E-state index in [2.05, 4.69) is 0 Å². The average Bonchev–Trinajstić information content (AvgIpc) is 2.35. The summed E-state index contributed by atoms with van der Waals surface area (Å²) in [6.45, 7) is 0. The lowest BCUT2D eigenvalue weighted by Crippen LogP contribution is -2.22. The Bertz CT molecular complexity index is 388. The minimum Gasteiger partial charge on any atom is -0.496 e. The average molecular weight is 221 g/mol. The highest BCUT2D eigenvalue weighted by Gasteiger charge is 2.03. The van der Waals surface area contributed by atoms with Gasteiger partial charge in [0.25, 0.3) is 5.91 Å².